The van der Waals surface area contributed by atoms with Crippen LogP contribution in [-0.4, -0.2) is 52.0 Å². The van der Waals surface area contributed by atoms with Crippen LogP contribution in [0.2, 0.25) is 0 Å². The Morgan fingerprint density at radius 3 is 2.77 bits per heavy atom. The molecule has 1 aliphatic rings. The number of hydrogen-bond acceptors (Lipinski definition) is 7. The fourth-order valence-electron chi connectivity index (χ4n) is 2.47. The molecule has 7 nitrogen and oxygen atoms in total. The Hall–Kier alpha value is -2.22. The van der Waals surface area contributed by atoms with Gasteiger partial charge in [-0.2, -0.15) is 0 Å². The molecule has 22 heavy (non-hydrogen) atoms. The number of methoxy groups -OCH3 is 1. The van der Waals surface area contributed by atoms with Gasteiger partial charge in [-0.05, 0) is 12.8 Å². The number of anilines is 1. The number of likely N-dealkylation sites (tertiary alicyclic amines) is 1. The molecule has 0 spiro atoms. The molecule has 1 fully saturated rings. The summed E-state index contributed by atoms with van der Waals surface area (Å²) in [7, 11) is 1.57. The van der Waals surface area contributed by atoms with E-state index >= 15 is 0 Å². The number of amides is 1. The minimum absolute atomic E-state index is 0.0109. The summed E-state index contributed by atoms with van der Waals surface area (Å²) in [6.45, 7) is 1.41. The number of nitrogens with one attached hydrogen (secondary N) is 1. The molecule has 116 valence electrons. The average molecular weight is 319 g/mol. The number of aromatic nitrogens is 3. The topological polar surface area (TPSA) is 80.2 Å². The van der Waals surface area contributed by atoms with E-state index < -0.39 is 0 Å². The SMILES string of the molecule is COc1nccnc1NC1CCN(C(=O)c2cscn2)CC1. The van der Waals surface area contributed by atoms with Crippen LogP contribution in [0, 0.1) is 0 Å². The molecular weight excluding hydrogens is 302 g/mol. The van der Waals surface area contributed by atoms with Crippen LogP contribution in [0.3, 0.4) is 0 Å². The first-order chi connectivity index (χ1) is 10.8. The number of rotatable bonds is 4. The lowest BCUT2D eigenvalue weighted by atomic mass is 10.0. The van der Waals surface area contributed by atoms with E-state index in [0.29, 0.717) is 30.5 Å². The molecule has 0 aliphatic carbocycles. The van der Waals surface area contributed by atoms with Crippen molar-refractivity contribution in [3.05, 3.63) is 29.0 Å². The number of piperidine rings is 1. The predicted octanol–water partition coefficient (Wildman–Crippen LogP) is 1.66. The largest absolute Gasteiger partial charge is 0.478 e. The quantitative estimate of drug-likeness (QED) is 0.923. The molecule has 3 rings (SSSR count). The molecule has 0 atom stereocenters. The van der Waals surface area contributed by atoms with E-state index in [1.807, 2.05) is 4.90 Å². The maximum absolute atomic E-state index is 12.2. The number of carbonyl (C=O) groups excluding carboxylic acids is 1. The van der Waals surface area contributed by atoms with Crippen LogP contribution in [0.25, 0.3) is 0 Å². The molecular formula is C14H17N5O2S. The Kier molecular flexibility index (Phi) is 4.47. The van der Waals surface area contributed by atoms with Gasteiger partial charge in [0.1, 0.15) is 5.69 Å². The maximum atomic E-state index is 12.2. The molecule has 1 aliphatic heterocycles. The number of carbonyl (C=O) groups is 1. The molecule has 0 unspecified atom stereocenters. The van der Waals surface area contributed by atoms with Gasteiger partial charge in [-0.1, -0.05) is 0 Å². The van der Waals surface area contributed by atoms with E-state index in [1.165, 1.54) is 11.3 Å². The highest BCUT2D eigenvalue weighted by Gasteiger charge is 2.25. The Morgan fingerprint density at radius 2 is 2.09 bits per heavy atom. The summed E-state index contributed by atoms with van der Waals surface area (Å²) in [6, 6.07) is 0.255. The van der Waals surface area contributed by atoms with Gasteiger partial charge < -0.3 is 15.0 Å². The van der Waals surface area contributed by atoms with Crippen LogP contribution < -0.4 is 10.1 Å². The summed E-state index contributed by atoms with van der Waals surface area (Å²) >= 11 is 1.44. The summed E-state index contributed by atoms with van der Waals surface area (Å²) in [5.41, 5.74) is 2.22. The van der Waals surface area contributed by atoms with Gasteiger partial charge in [0.05, 0.1) is 12.6 Å². The Bertz CT molecular complexity index is 626. The van der Waals surface area contributed by atoms with Crippen molar-refractivity contribution in [1.29, 1.82) is 0 Å². The fourth-order valence-corrected chi connectivity index (χ4v) is 3.00. The van der Waals surface area contributed by atoms with Gasteiger partial charge in [0, 0.05) is 36.9 Å². The van der Waals surface area contributed by atoms with Crippen molar-refractivity contribution in [2.45, 2.75) is 18.9 Å². The Labute approximate surface area is 132 Å². The molecule has 8 heteroatoms. The zero-order valence-corrected chi connectivity index (χ0v) is 13.0. The second-order valence-electron chi connectivity index (χ2n) is 5.00. The summed E-state index contributed by atoms with van der Waals surface area (Å²) in [5, 5.41) is 5.13. The molecule has 1 N–H and O–H groups in total. The van der Waals surface area contributed by atoms with E-state index in [2.05, 4.69) is 20.3 Å². The normalized spacial score (nSPS) is 15.6. The molecule has 1 amide bonds. The Balaban J connectivity index is 1.57. The molecule has 0 bridgehead atoms. The van der Waals surface area contributed by atoms with Crippen molar-refractivity contribution in [2.24, 2.45) is 0 Å². The van der Waals surface area contributed by atoms with Crippen molar-refractivity contribution in [3.8, 4) is 5.88 Å². The average Bonchev–Trinajstić information content (AvgIpc) is 3.10. The van der Waals surface area contributed by atoms with Gasteiger partial charge in [-0.3, -0.25) is 4.79 Å². The third kappa shape index (κ3) is 3.16. The molecule has 0 radical (unpaired) electrons. The molecule has 0 saturated carbocycles. The number of hydrogen-bond donors (Lipinski definition) is 1. The minimum Gasteiger partial charge on any atom is -0.478 e. The van der Waals surface area contributed by atoms with E-state index in [4.69, 9.17) is 4.74 Å². The van der Waals surface area contributed by atoms with E-state index in [9.17, 15) is 4.79 Å². The second kappa shape index (κ2) is 6.69. The zero-order valence-electron chi connectivity index (χ0n) is 12.2. The lowest BCUT2D eigenvalue weighted by molar-refractivity contribution is 0.0713. The lowest BCUT2D eigenvalue weighted by Gasteiger charge is -2.32. The summed E-state index contributed by atoms with van der Waals surface area (Å²) in [6.07, 6.45) is 4.94. The third-order valence-electron chi connectivity index (χ3n) is 3.63. The smallest absolute Gasteiger partial charge is 0.273 e. The van der Waals surface area contributed by atoms with Crippen molar-refractivity contribution in [1.82, 2.24) is 19.9 Å². The molecule has 1 saturated heterocycles. The zero-order chi connectivity index (χ0) is 15.4. The lowest BCUT2D eigenvalue weighted by Crippen LogP contribution is -2.42. The highest BCUT2D eigenvalue weighted by molar-refractivity contribution is 7.07. The second-order valence-corrected chi connectivity index (χ2v) is 5.72. The van der Waals surface area contributed by atoms with Gasteiger partial charge >= 0.3 is 0 Å². The number of ether oxygens (including phenoxy) is 1. The van der Waals surface area contributed by atoms with Crippen molar-refractivity contribution < 1.29 is 9.53 Å². The first-order valence-electron chi connectivity index (χ1n) is 7.07. The highest BCUT2D eigenvalue weighted by Crippen LogP contribution is 2.22. The summed E-state index contributed by atoms with van der Waals surface area (Å²) in [4.78, 5) is 26.5. The summed E-state index contributed by atoms with van der Waals surface area (Å²) in [5.74, 6) is 1.15. The minimum atomic E-state index is 0.0109. The monoisotopic (exact) mass is 319 g/mol. The van der Waals surface area contributed by atoms with Gasteiger partial charge in [0.25, 0.3) is 11.8 Å². The first-order valence-corrected chi connectivity index (χ1v) is 8.01. The van der Waals surface area contributed by atoms with Crippen LogP contribution in [-0.2, 0) is 0 Å². The highest BCUT2D eigenvalue weighted by atomic mass is 32.1. The standard InChI is InChI=1S/C14H17N5O2S/c1-21-13-12(15-4-5-16-13)18-10-2-6-19(7-3-10)14(20)11-8-22-9-17-11/h4-5,8-10H,2-3,6-7H2,1H3,(H,15,18). The number of thiazole rings is 1. The van der Waals surface area contributed by atoms with Crippen LogP contribution in [0.1, 0.15) is 23.3 Å². The number of nitrogens with zero attached hydrogens (tertiary/aromatic N) is 4. The van der Waals surface area contributed by atoms with Gasteiger partial charge in [-0.15, -0.1) is 11.3 Å². The van der Waals surface area contributed by atoms with Crippen LogP contribution >= 0.6 is 11.3 Å². The maximum Gasteiger partial charge on any atom is 0.273 e. The van der Waals surface area contributed by atoms with Crippen molar-refractivity contribution in [3.63, 3.8) is 0 Å². The first kappa shape index (κ1) is 14.7. The van der Waals surface area contributed by atoms with E-state index in [-0.39, 0.29) is 11.9 Å². The predicted molar refractivity (Wildman–Crippen MR) is 83.2 cm³/mol. The molecule has 2 aromatic rings. The van der Waals surface area contributed by atoms with Gasteiger partial charge in [0.2, 0.25) is 0 Å². The Morgan fingerprint density at radius 1 is 1.32 bits per heavy atom. The van der Waals surface area contributed by atoms with Crippen molar-refractivity contribution in [2.75, 3.05) is 25.5 Å². The third-order valence-corrected chi connectivity index (χ3v) is 4.22. The van der Waals surface area contributed by atoms with E-state index in [0.717, 1.165) is 12.8 Å². The van der Waals surface area contributed by atoms with Crippen LogP contribution in [0.4, 0.5) is 5.82 Å². The summed E-state index contributed by atoms with van der Waals surface area (Å²) < 4.78 is 5.19. The molecule has 2 aromatic heterocycles. The van der Waals surface area contributed by atoms with Crippen LogP contribution in [0.5, 0.6) is 5.88 Å². The molecule has 3 heterocycles. The van der Waals surface area contributed by atoms with Crippen LogP contribution in [0.15, 0.2) is 23.3 Å². The molecule has 0 aromatic carbocycles. The van der Waals surface area contributed by atoms with Crippen molar-refractivity contribution >= 4 is 23.1 Å². The van der Waals surface area contributed by atoms with Gasteiger partial charge in [-0.25, -0.2) is 15.0 Å². The van der Waals surface area contributed by atoms with E-state index in [1.54, 1.807) is 30.4 Å². The fraction of sp³-hybridized carbons (Fsp3) is 0.429. The van der Waals surface area contributed by atoms with Gasteiger partial charge in [0.15, 0.2) is 5.82 Å².